The summed E-state index contributed by atoms with van der Waals surface area (Å²) >= 11 is 1.32. The number of phenolic OH excluding ortho intramolecular Hbond substituents is 1. The first-order chi connectivity index (χ1) is 15.1. The van der Waals surface area contributed by atoms with Gasteiger partial charge in [-0.05, 0) is 54.6 Å². The summed E-state index contributed by atoms with van der Waals surface area (Å²) in [5.74, 6) is -0.0280. The number of para-hydroxylation sites is 3. The lowest BCUT2D eigenvalue weighted by Crippen LogP contribution is -2.14. The number of H-pyrrole nitrogens is 1. The molecule has 154 valence electrons. The number of carbonyl (C=O) groups excluding carboxylic acids is 2. The van der Waals surface area contributed by atoms with E-state index >= 15 is 0 Å². The Morgan fingerprint density at radius 3 is 2.52 bits per heavy atom. The molecule has 4 rings (SSSR count). The Hall–Kier alpha value is -3.84. The number of hydrogen-bond donors (Lipinski definition) is 3. The lowest BCUT2D eigenvalue weighted by Gasteiger charge is -2.05. The quantitative estimate of drug-likeness (QED) is 0.221. The Kier molecular flexibility index (Phi) is 6.14. The second kappa shape index (κ2) is 9.32. The molecular weight excluding hydrogens is 410 g/mol. The summed E-state index contributed by atoms with van der Waals surface area (Å²) in [5.41, 5.74) is 3.46. The average molecular weight is 430 g/mol. The summed E-state index contributed by atoms with van der Waals surface area (Å²) in [6.07, 6.45) is 2.98. The van der Waals surface area contributed by atoms with Crippen LogP contribution in [0.5, 0.6) is 5.75 Å². The van der Waals surface area contributed by atoms with Crippen molar-refractivity contribution >= 4 is 46.2 Å². The number of carbonyl (C=O) groups is 2. The van der Waals surface area contributed by atoms with Crippen molar-refractivity contribution in [3.63, 3.8) is 0 Å². The maximum atomic E-state index is 12.3. The minimum Gasteiger partial charge on any atom is -0.507 e. The predicted molar refractivity (Wildman–Crippen MR) is 123 cm³/mol. The van der Waals surface area contributed by atoms with Crippen LogP contribution in [0.25, 0.3) is 17.1 Å². The minimum absolute atomic E-state index is 0.116. The van der Waals surface area contributed by atoms with E-state index in [0.717, 1.165) is 11.0 Å². The minimum atomic E-state index is -0.193. The van der Waals surface area contributed by atoms with Gasteiger partial charge in [0.15, 0.2) is 10.9 Å². The predicted octanol–water partition coefficient (Wildman–Crippen LogP) is 4.90. The molecule has 0 saturated carbocycles. The van der Waals surface area contributed by atoms with E-state index in [1.54, 1.807) is 54.6 Å². The number of thioether (sulfide) groups is 1. The summed E-state index contributed by atoms with van der Waals surface area (Å²) in [4.78, 5) is 32.2. The summed E-state index contributed by atoms with van der Waals surface area (Å²) in [5, 5.41) is 13.3. The van der Waals surface area contributed by atoms with Crippen LogP contribution in [0.2, 0.25) is 0 Å². The fourth-order valence-electron chi connectivity index (χ4n) is 2.94. The van der Waals surface area contributed by atoms with Crippen LogP contribution in [0.1, 0.15) is 15.9 Å². The molecule has 0 radical (unpaired) electrons. The largest absolute Gasteiger partial charge is 0.507 e. The first kappa shape index (κ1) is 20.4. The van der Waals surface area contributed by atoms with E-state index in [9.17, 15) is 14.7 Å². The van der Waals surface area contributed by atoms with Gasteiger partial charge in [0.1, 0.15) is 5.75 Å². The van der Waals surface area contributed by atoms with Crippen molar-refractivity contribution in [3.05, 3.63) is 90.0 Å². The standard InChI is InChI=1S/C24H19N3O3S/c28-21-8-4-1-5-16(21)11-14-22(29)17-9-12-18(13-10-17)25-23(30)15-31-24-26-19-6-2-3-7-20(19)27-24/h1-14,28H,15H2,(H,25,30)(H,26,27)/b14-11+. The van der Waals surface area contributed by atoms with Crippen LogP contribution in [-0.2, 0) is 4.79 Å². The number of fused-ring (bicyclic) bond motifs is 1. The number of nitrogens with zero attached hydrogens (tertiary/aromatic N) is 1. The second-order valence-electron chi connectivity index (χ2n) is 6.73. The third-order valence-corrected chi connectivity index (χ3v) is 5.39. The van der Waals surface area contributed by atoms with Crippen LogP contribution >= 0.6 is 11.8 Å². The highest BCUT2D eigenvalue weighted by Gasteiger charge is 2.08. The van der Waals surface area contributed by atoms with Crippen molar-refractivity contribution in [2.45, 2.75) is 5.16 Å². The van der Waals surface area contributed by atoms with Crippen LogP contribution in [0.15, 0.2) is 84.0 Å². The highest BCUT2D eigenvalue weighted by molar-refractivity contribution is 7.99. The van der Waals surface area contributed by atoms with Crippen molar-refractivity contribution in [2.75, 3.05) is 11.1 Å². The first-order valence-electron chi connectivity index (χ1n) is 9.56. The number of phenols is 1. The molecule has 1 aromatic heterocycles. The Balaban J connectivity index is 1.31. The smallest absolute Gasteiger partial charge is 0.234 e. The number of benzene rings is 3. The topological polar surface area (TPSA) is 95.1 Å². The van der Waals surface area contributed by atoms with Gasteiger partial charge in [0.25, 0.3) is 0 Å². The van der Waals surface area contributed by atoms with Crippen LogP contribution in [0.3, 0.4) is 0 Å². The normalized spacial score (nSPS) is 11.1. The zero-order chi connectivity index (χ0) is 21.6. The van der Waals surface area contributed by atoms with E-state index in [1.165, 1.54) is 17.8 Å². The lowest BCUT2D eigenvalue weighted by molar-refractivity contribution is -0.113. The number of imidazole rings is 1. The molecule has 0 aliphatic rings. The highest BCUT2D eigenvalue weighted by Crippen LogP contribution is 2.20. The van der Waals surface area contributed by atoms with Crippen molar-refractivity contribution in [1.29, 1.82) is 0 Å². The molecule has 0 spiro atoms. The zero-order valence-corrected chi connectivity index (χ0v) is 17.2. The van der Waals surface area contributed by atoms with Crippen LogP contribution in [0, 0.1) is 0 Å². The van der Waals surface area contributed by atoms with Gasteiger partial charge in [-0.15, -0.1) is 0 Å². The molecule has 3 N–H and O–H groups in total. The monoisotopic (exact) mass is 429 g/mol. The molecule has 0 unspecified atom stereocenters. The third-order valence-electron chi connectivity index (χ3n) is 4.51. The van der Waals surface area contributed by atoms with Gasteiger partial charge in [-0.2, -0.15) is 0 Å². The van der Waals surface area contributed by atoms with E-state index in [2.05, 4.69) is 15.3 Å². The Labute approximate surface area is 183 Å². The lowest BCUT2D eigenvalue weighted by atomic mass is 10.1. The second-order valence-corrected chi connectivity index (χ2v) is 7.69. The van der Waals surface area contributed by atoms with Crippen LogP contribution < -0.4 is 5.32 Å². The number of nitrogens with one attached hydrogen (secondary N) is 2. The fourth-order valence-corrected chi connectivity index (χ4v) is 3.62. The fraction of sp³-hybridized carbons (Fsp3) is 0.0417. The number of hydrogen-bond acceptors (Lipinski definition) is 5. The number of amides is 1. The number of rotatable bonds is 7. The number of aromatic nitrogens is 2. The first-order valence-corrected chi connectivity index (χ1v) is 10.5. The van der Waals surface area contributed by atoms with Gasteiger partial charge >= 0.3 is 0 Å². The van der Waals surface area contributed by atoms with Gasteiger partial charge < -0.3 is 15.4 Å². The van der Waals surface area contributed by atoms with Crippen molar-refractivity contribution < 1.29 is 14.7 Å². The summed E-state index contributed by atoms with van der Waals surface area (Å²) < 4.78 is 0. The molecule has 1 heterocycles. The molecule has 0 fully saturated rings. The zero-order valence-electron chi connectivity index (χ0n) is 16.4. The Morgan fingerprint density at radius 1 is 1.00 bits per heavy atom. The maximum absolute atomic E-state index is 12.3. The summed E-state index contributed by atoms with van der Waals surface area (Å²) in [7, 11) is 0. The molecule has 0 aliphatic heterocycles. The molecule has 0 saturated heterocycles. The number of ketones is 1. The summed E-state index contributed by atoms with van der Waals surface area (Å²) in [6.45, 7) is 0. The molecule has 3 aromatic carbocycles. The van der Waals surface area contributed by atoms with Gasteiger partial charge in [-0.3, -0.25) is 9.59 Å². The number of allylic oxidation sites excluding steroid dienone is 1. The van der Waals surface area contributed by atoms with Gasteiger partial charge in [0.05, 0.1) is 16.8 Å². The third kappa shape index (κ3) is 5.21. The SMILES string of the molecule is O=C(CSc1nc2ccccc2[nH]1)Nc1ccc(C(=O)/C=C/c2ccccc2O)cc1. The molecule has 0 atom stereocenters. The Bertz CT molecular complexity index is 1230. The molecule has 4 aromatic rings. The van der Waals surface area contributed by atoms with Crippen LogP contribution in [-0.4, -0.2) is 32.5 Å². The number of aromatic hydroxyl groups is 1. The number of anilines is 1. The molecule has 7 heteroatoms. The molecule has 1 amide bonds. The Morgan fingerprint density at radius 2 is 1.74 bits per heavy atom. The molecule has 0 aliphatic carbocycles. The van der Waals surface area contributed by atoms with Crippen molar-refractivity contribution in [3.8, 4) is 5.75 Å². The van der Waals surface area contributed by atoms with E-state index in [4.69, 9.17) is 0 Å². The molecule has 0 bridgehead atoms. The highest BCUT2D eigenvalue weighted by atomic mass is 32.2. The van der Waals surface area contributed by atoms with Crippen LogP contribution in [0.4, 0.5) is 5.69 Å². The molecule has 31 heavy (non-hydrogen) atoms. The molecular formula is C24H19N3O3S. The average Bonchev–Trinajstić information content (AvgIpc) is 3.20. The van der Waals surface area contributed by atoms with E-state index in [-0.39, 0.29) is 23.2 Å². The maximum Gasteiger partial charge on any atom is 0.234 e. The van der Waals surface area contributed by atoms with Gasteiger partial charge in [-0.25, -0.2) is 4.98 Å². The van der Waals surface area contributed by atoms with Gasteiger partial charge in [0.2, 0.25) is 5.91 Å². The van der Waals surface area contributed by atoms with Crippen molar-refractivity contribution in [2.24, 2.45) is 0 Å². The molecule has 6 nitrogen and oxygen atoms in total. The van der Waals surface area contributed by atoms with Crippen molar-refractivity contribution in [1.82, 2.24) is 9.97 Å². The van der Waals surface area contributed by atoms with E-state index in [0.29, 0.717) is 22.0 Å². The number of aromatic amines is 1. The van der Waals surface area contributed by atoms with E-state index in [1.807, 2.05) is 24.3 Å². The van der Waals surface area contributed by atoms with E-state index < -0.39 is 0 Å². The van der Waals surface area contributed by atoms with Gasteiger partial charge in [-0.1, -0.05) is 42.1 Å². The summed E-state index contributed by atoms with van der Waals surface area (Å²) in [6, 6.07) is 21.2. The van der Waals surface area contributed by atoms with Gasteiger partial charge in [0, 0.05) is 16.8 Å².